The van der Waals surface area contributed by atoms with Gasteiger partial charge in [0.1, 0.15) is 6.20 Å². The lowest BCUT2D eigenvalue weighted by molar-refractivity contribution is -0.389. The molecule has 1 aromatic carbocycles. The van der Waals surface area contributed by atoms with Crippen molar-refractivity contribution in [3.05, 3.63) is 57.5 Å². The van der Waals surface area contributed by atoms with Gasteiger partial charge in [0.05, 0.1) is 12.6 Å². The van der Waals surface area contributed by atoms with Gasteiger partial charge in [-0.15, -0.1) is 0 Å². The number of aliphatic hydroxyl groups is 1. The summed E-state index contributed by atoms with van der Waals surface area (Å²) in [6, 6.07) is 7.53. The van der Waals surface area contributed by atoms with Gasteiger partial charge in [0.25, 0.3) is 0 Å². The van der Waals surface area contributed by atoms with E-state index in [0.29, 0.717) is 5.82 Å². The SMILES string of the molecule is Cc1ccc([C@@H](O)Cn2cc([N+](=O)[O-])nc2C)cc1. The number of hydrogen-bond donors (Lipinski definition) is 1. The molecule has 0 aliphatic rings. The first kappa shape index (κ1) is 13.2. The zero-order valence-corrected chi connectivity index (χ0v) is 10.8. The van der Waals surface area contributed by atoms with Crippen molar-refractivity contribution in [2.45, 2.75) is 26.5 Å². The van der Waals surface area contributed by atoms with Crippen molar-refractivity contribution < 1.29 is 10.0 Å². The maximum Gasteiger partial charge on any atom is 0.381 e. The average molecular weight is 261 g/mol. The average Bonchev–Trinajstić information content (AvgIpc) is 2.72. The summed E-state index contributed by atoms with van der Waals surface area (Å²) in [5.74, 6) is 0.312. The Morgan fingerprint density at radius 3 is 2.53 bits per heavy atom. The van der Waals surface area contributed by atoms with E-state index in [9.17, 15) is 15.2 Å². The third-order valence-corrected chi connectivity index (χ3v) is 2.98. The first-order valence-corrected chi connectivity index (χ1v) is 5.90. The van der Waals surface area contributed by atoms with Crippen LogP contribution < -0.4 is 0 Å². The predicted molar refractivity (Wildman–Crippen MR) is 69.8 cm³/mol. The van der Waals surface area contributed by atoms with Crippen LogP contribution in [0.1, 0.15) is 23.1 Å². The highest BCUT2D eigenvalue weighted by Crippen LogP contribution is 2.18. The second kappa shape index (κ2) is 5.19. The fourth-order valence-corrected chi connectivity index (χ4v) is 1.84. The van der Waals surface area contributed by atoms with Gasteiger partial charge in [0.15, 0.2) is 0 Å². The number of nitrogens with zero attached hydrogens (tertiary/aromatic N) is 3. The maximum atomic E-state index is 10.6. The molecule has 2 rings (SSSR count). The number of nitro groups is 1. The van der Waals surface area contributed by atoms with Gasteiger partial charge in [0, 0.05) is 6.92 Å². The Hall–Kier alpha value is -2.21. The monoisotopic (exact) mass is 261 g/mol. The lowest BCUT2D eigenvalue weighted by Crippen LogP contribution is -2.09. The Balaban J connectivity index is 2.16. The predicted octanol–water partition coefficient (Wildman–Crippen LogP) is 2.14. The van der Waals surface area contributed by atoms with Crippen molar-refractivity contribution in [3.8, 4) is 0 Å². The molecule has 0 aliphatic carbocycles. The van der Waals surface area contributed by atoms with E-state index in [1.165, 1.54) is 6.20 Å². The van der Waals surface area contributed by atoms with Crippen molar-refractivity contribution in [2.24, 2.45) is 0 Å². The van der Waals surface area contributed by atoms with Crippen molar-refractivity contribution in [1.29, 1.82) is 0 Å². The number of hydrogen-bond acceptors (Lipinski definition) is 4. The van der Waals surface area contributed by atoms with E-state index in [-0.39, 0.29) is 12.4 Å². The van der Waals surface area contributed by atoms with Crippen LogP contribution in [0.3, 0.4) is 0 Å². The molecule has 6 nitrogen and oxygen atoms in total. The Morgan fingerprint density at radius 2 is 2.00 bits per heavy atom. The van der Waals surface area contributed by atoms with Crippen molar-refractivity contribution >= 4 is 5.82 Å². The lowest BCUT2D eigenvalue weighted by atomic mass is 10.1. The highest BCUT2D eigenvalue weighted by molar-refractivity contribution is 5.23. The topological polar surface area (TPSA) is 81.2 Å². The van der Waals surface area contributed by atoms with E-state index in [1.54, 1.807) is 11.5 Å². The molecule has 1 atom stereocenters. The molecule has 6 heteroatoms. The van der Waals surface area contributed by atoms with E-state index >= 15 is 0 Å². The molecular weight excluding hydrogens is 246 g/mol. The first-order valence-electron chi connectivity index (χ1n) is 5.90. The Labute approximate surface area is 110 Å². The molecule has 1 N–H and O–H groups in total. The van der Waals surface area contributed by atoms with Gasteiger partial charge in [0.2, 0.25) is 5.82 Å². The summed E-state index contributed by atoms with van der Waals surface area (Å²) < 4.78 is 1.59. The number of benzene rings is 1. The molecular formula is C13H15N3O3. The minimum absolute atomic E-state index is 0.200. The van der Waals surface area contributed by atoms with Gasteiger partial charge in [-0.05, 0) is 22.4 Å². The quantitative estimate of drug-likeness (QED) is 0.675. The molecule has 0 aliphatic heterocycles. The third-order valence-electron chi connectivity index (χ3n) is 2.98. The standard InChI is InChI=1S/C13H15N3O3/c1-9-3-5-11(6-4-9)12(17)7-15-8-13(16(18)19)14-10(15)2/h3-6,8,12,17H,7H2,1-2H3/t12-/m0/s1. The highest BCUT2D eigenvalue weighted by atomic mass is 16.6. The molecule has 0 saturated carbocycles. The summed E-state index contributed by atoms with van der Waals surface area (Å²) in [5, 5.41) is 20.7. The minimum atomic E-state index is -0.715. The van der Waals surface area contributed by atoms with Gasteiger partial charge in [-0.25, -0.2) is 0 Å². The molecule has 0 amide bonds. The molecule has 100 valence electrons. The van der Waals surface area contributed by atoms with Crippen molar-refractivity contribution in [2.75, 3.05) is 0 Å². The van der Waals surface area contributed by atoms with Crippen LogP contribution in [0.25, 0.3) is 0 Å². The maximum absolute atomic E-state index is 10.6. The number of aromatic nitrogens is 2. The molecule has 19 heavy (non-hydrogen) atoms. The second-order valence-corrected chi connectivity index (χ2v) is 4.48. The van der Waals surface area contributed by atoms with Gasteiger partial charge in [-0.1, -0.05) is 29.8 Å². The number of aryl methyl sites for hydroxylation is 2. The summed E-state index contributed by atoms with van der Waals surface area (Å²) in [4.78, 5) is 13.9. The third kappa shape index (κ3) is 2.97. The van der Waals surface area contributed by atoms with E-state index in [4.69, 9.17) is 0 Å². The minimum Gasteiger partial charge on any atom is -0.387 e. The lowest BCUT2D eigenvalue weighted by Gasteiger charge is -2.11. The van der Waals surface area contributed by atoms with E-state index in [0.717, 1.165) is 11.1 Å². The van der Waals surface area contributed by atoms with E-state index < -0.39 is 11.0 Å². The molecule has 0 radical (unpaired) electrons. The number of aliphatic hydroxyl groups excluding tert-OH is 1. The van der Waals surface area contributed by atoms with Crippen LogP contribution in [-0.4, -0.2) is 19.6 Å². The van der Waals surface area contributed by atoms with Crippen LogP contribution in [0, 0.1) is 24.0 Å². The summed E-state index contributed by atoms with van der Waals surface area (Å²) in [6.07, 6.45) is 0.625. The summed E-state index contributed by atoms with van der Waals surface area (Å²) in [6.45, 7) is 3.89. The highest BCUT2D eigenvalue weighted by Gasteiger charge is 2.17. The van der Waals surface area contributed by atoms with Gasteiger partial charge < -0.3 is 19.8 Å². The summed E-state index contributed by atoms with van der Waals surface area (Å²) in [5.41, 5.74) is 1.90. The van der Waals surface area contributed by atoms with Crippen LogP contribution in [0.5, 0.6) is 0 Å². The first-order chi connectivity index (χ1) is 8.97. The van der Waals surface area contributed by atoms with Crippen LogP contribution in [0.15, 0.2) is 30.5 Å². The zero-order valence-electron chi connectivity index (χ0n) is 10.8. The van der Waals surface area contributed by atoms with Gasteiger partial charge in [-0.2, -0.15) is 0 Å². The van der Waals surface area contributed by atoms with Crippen LogP contribution in [0.2, 0.25) is 0 Å². The molecule has 0 saturated heterocycles. The molecule has 1 aromatic heterocycles. The molecule has 0 unspecified atom stereocenters. The zero-order chi connectivity index (χ0) is 14.0. The molecule has 1 heterocycles. The summed E-state index contributed by atoms with van der Waals surface area (Å²) in [7, 11) is 0. The van der Waals surface area contributed by atoms with E-state index in [2.05, 4.69) is 4.98 Å². The molecule has 0 fully saturated rings. The largest absolute Gasteiger partial charge is 0.387 e. The second-order valence-electron chi connectivity index (χ2n) is 4.48. The van der Waals surface area contributed by atoms with Crippen LogP contribution in [-0.2, 0) is 6.54 Å². The Kier molecular flexibility index (Phi) is 3.62. The Bertz CT molecular complexity index is 590. The fourth-order valence-electron chi connectivity index (χ4n) is 1.84. The molecule has 0 spiro atoms. The summed E-state index contributed by atoms with van der Waals surface area (Å²) >= 11 is 0. The van der Waals surface area contributed by atoms with Crippen LogP contribution in [0.4, 0.5) is 5.82 Å². The molecule has 0 bridgehead atoms. The Morgan fingerprint density at radius 1 is 1.37 bits per heavy atom. The normalized spacial score (nSPS) is 12.4. The van der Waals surface area contributed by atoms with Gasteiger partial charge >= 0.3 is 5.82 Å². The van der Waals surface area contributed by atoms with Crippen molar-refractivity contribution in [1.82, 2.24) is 9.55 Å². The smallest absolute Gasteiger partial charge is 0.381 e. The number of rotatable bonds is 4. The molecule has 2 aromatic rings. The fraction of sp³-hybridized carbons (Fsp3) is 0.308. The van der Waals surface area contributed by atoms with E-state index in [1.807, 2.05) is 31.2 Å². The van der Waals surface area contributed by atoms with Crippen LogP contribution >= 0.6 is 0 Å². The van der Waals surface area contributed by atoms with Gasteiger partial charge in [-0.3, -0.25) is 0 Å². The van der Waals surface area contributed by atoms with Crippen molar-refractivity contribution in [3.63, 3.8) is 0 Å². The number of imidazole rings is 1.